The molecule has 1 fully saturated rings. The quantitative estimate of drug-likeness (QED) is 0.939. The van der Waals surface area contributed by atoms with Crippen LogP contribution in [0.3, 0.4) is 0 Å². The van der Waals surface area contributed by atoms with Crippen LogP contribution < -0.4 is 5.32 Å². The summed E-state index contributed by atoms with van der Waals surface area (Å²) in [6.07, 6.45) is 5.20. The summed E-state index contributed by atoms with van der Waals surface area (Å²) in [4.78, 5) is 9.01. The number of piperidine rings is 1. The van der Waals surface area contributed by atoms with E-state index in [-0.39, 0.29) is 0 Å². The molecule has 1 saturated heterocycles. The van der Waals surface area contributed by atoms with Gasteiger partial charge in [-0.05, 0) is 56.8 Å². The highest BCUT2D eigenvalue weighted by molar-refractivity contribution is 5.29. The lowest BCUT2D eigenvalue weighted by molar-refractivity contribution is 0.460. The molecule has 0 radical (unpaired) electrons. The lowest BCUT2D eigenvalue weighted by Gasteiger charge is -2.23. The number of hydrogen-bond donors (Lipinski definition) is 1. The maximum atomic E-state index is 4.61. The van der Waals surface area contributed by atoms with Crippen molar-refractivity contribution in [3.8, 4) is 0 Å². The van der Waals surface area contributed by atoms with Crippen LogP contribution in [0.4, 0.5) is 0 Å². The Bertz CT molecular complexity index is 598. The Kier molecular flexibility index (Phi) is 4.30. The van der Waals surface area contributed by atoms with Crippen molar-refractivity contribution in [2.75, 3.05) is 13.1 Å². The Balaban J connectivity index is 1.73. The summed E-state index contributed by atoms with van der Waals surface area (Å²) < 4.78 is 0. The van der Waals surface area contributed by atoms with Gasteiger partial charge in [0.15, 0.2) is 0 Å². The Labute approximate surface area is 126 Å². The van der Waals surface area contributed by atoms with Crippen molar-refractivity contribution in [1.82, 2.24) is 15.3 Å². The molecule has 2 aromatic rings. The largest absolute Gasteiger partial charge is 0.317 e. The number of aromatic nitrogens is 2. The molecule has 0 atom stereocenters. The Hall–Kier alpha value is -1.74. The van der Waals surface area contributed by atoms with Crippen LogP contribution in [0.15, 0.2) is 30.5 Å². The minimum absolute atomic E-state index is 0.723. The van der Waals surface area contributed by atoms with Crippen molar-refractivity contribution in [1.29, 1.82) is 0 Å². The molecule has 3 heteroatoms. The van der Waals surface area contributed by atoms with E-state index in [1.54, 1.807) is 0 Å². The molecule has 0 bridgehead atoms. The van der Waals surface area contributed by atoms with Gasteiger partial charge in [0.2, 0.25) is 0 Å². The summed E-state index contributed by atoms with van der Waals surface area (Å²) in [5, 5.41) is 3.42. The first-order valence-corrected chi connectivity index (χ1v) is 7.81. The molecule has 0 spiro atoms. The van der Waals surface area contributed by atoms with Gasteiger partial charge in [0.1, 0.15) is 0 Å². The predicted molar refractivity (Wildman–Crippen MR) is 85.6 cm³/mol. The fourth-order valence-electron chi connectivity index (χ4n) is 3.01. The molecule has 1 aliphatic heterocycles. The molecular weight excluding hydrogens is 258 g/mol. The van der Waals surface area contributed by atoms with Crippen LogP contribution in [0.5, 0.6) is 0 Å². The zero-order chi connectivity index (χ0) is 14.7. The molecule has 0 unspecified atom stereocenters. The molecule has 1 aliphatic rings. The number of aryl methyl sites for hydroxylation is 2. The average Bonchev–Trinajstić information content (AvgIpc) is 2.53. The second kappa shape index (κ2) is 6.35. The van der Waals surface area contributed by atoms with Gasteiger partial charge in [0.05, 0.1) is 17.1 Å². The summed E-state index contributed by atoms with van der Waals surface area (Å²) in [6.45, 7) is 6.32. The molecule has 0 saturated carbocycles. The smallest absolute Gasteiger partial charge is 0.0662 e. The van der Waals surface area contributed by atoms with Gasteiger partial charge in [-0.1, -0.05) is 24.3 Å². The second-order valence-electron chi connectivity index (χ2n) is 5.99. The van der Waals surface area contributed by atoms with Gasteiger partial charge >= 0.3 is 0 Å². The third kappa shape index (κ3) is 3.48. The molecule has 110 valence electrons. The molecule has 1 aromatic carbocycles. The van der Waals surface area contributed by atoms with E-state index in [0.29, 0.717) is 0 Å². The van der Waals surface area contributed by atoms with Crippen LogP contribution in [-0.2, 0) is 6.42 Å². The van der Waals surface area contributed by atoms with Crippen LogP contribution >= 0.6 is 0 Å². The standard InChI is InChI=1S/C18H23N3/c1-13-12-20-14(2)18(21-13)11-15-3-5-16(6-4-15)17-7-9-19-10-8-17/h3-6,12,17,19H,7-11H2,1-2H3. The van der Waals surface area contributed by atoms with E-state index < -0.39 is 0 Å². The normalized spacial score (nSPS) is 16.1. The maximum absolute atomic E-state index is 4.61. The molecule has 1 N–H and O–H groups in total. The van der Waals surface area contributed by atoms with E-state index in [1.165, 1.54) is 24.0 Å². The number of benzene rings is 1. The maximum Gasteiger partial charge on any atom is 0.0662 e. The van der Waals surface area contributed by atoms with Crippen LogP contribution in [-0.4, -0.2) is 23.1 Å². The minimum Gasteiger partial charge on any atom is -0.317 e. The highest BCUT2D eigenvalue weighted by Gasteiger charge is 2.14. The van der Waals surface area contributed by atoms with E-state index in [4.69, 9.17) is 0 Å². The third-order valence-corrected chi connectivity index (χ3v) is 4.34. The Morgan fingerprint density at radius 3 is 2.52 bits per heavy atom. The van der Waals surface area contributed by atoms with Crippen LogP contribution in [0, 0.1) is 13.8 Å². The SMILES string of the molecule is Cc1cnc(C)c(Cc2ccc(C3CCNCC3)cc2)n1. The van der Waals surface area contributed by atoms with Gasteiger partial charge < -0.3 is 5.32 Å². The number of nitrogens with zero attached hydrogens (tertiary/aromatic N) is 2. The highest BCUT2D eigenvalue weighted by Crippen LogP contribution is 2.25. The number of nitrogens with one attached hydrogen (secondary N) is 1. The summed E-state index contributed by atoms with van der Waals surface area (Å²) in [7, 11) is 0. The van der Waals surface area contributed by atoms with E-state index in [0.717, 1.165) is 42.5 Å². The fraction of sp³-hybridized carbons (Fsp3) is 0.444. The van der Waals surface area contributed by atoms with Gasteiger partial charge in [0, 0.05) is 12.6 Å². The summed E-state index contributed by atoms with van der Waals surface area (Å²) in [5.74, 6) is 0.723. The van der Waals surface area contributed by atoms with E-state index in [9.17, 15) is 0 Å². The second-order valence-corrected chi connectivity index (χ2v) is 5.99. The highest BCUT2D eigenvalue weighted by atomic mass is 14.9. The van der Waals surface area contributed by atoms with Crippen LogP contribution in [0.25, 0.3) is 0 Å². The molecule has 3 rings (SSSR count). The molecule has 0 amide bonds. The third-order valence-electron chi connectivity index (χ3n) is 4.34. The lowest BCUT2D eigenvalue weighted by Crippen LogP contribution is -2.26. The van der Waals surface area contributed by atoms with Crippen molar-refractivity contribution in [3.05, 3.63) is 58.7 Å². The van der Waals surface area contributed by atoms with Gasteiger partial charge in [-0.2, -0.15) is 0 Å². The first-order valence-electron chi connectivity index (χ1n) is 7.81. The molecule has 21 heavy (non-hydrogen) atoms. The molecule has 0 aliphatic carbocycles. The topological polar surface area (TPSA) is 37.8 Å². The van der Waals surface area contributed by atoms with E-state index in [1.807, 2.05) is 20.0 Å². The predicted octanol–water partition coefficient (Wildman–Crippen LogP) is 3.15. The van der Waals surface area contributed by atoms with Crippen molar-refractivity contribution in [2.45, 2.75) is 39.0 Å². The first-order chi connectivity index (χ1) is 10.2. The van der Waals surface area contributed by atoms with Gasteiger partial charge in [-0.25, -0.2) is 0 Å². The number of hydrogen-bond acceptors (Lipinski definition) is 3. The zero-order valence-electron chi connectivity index (χ0n) is 12.9. The van der Waals surface area contributed by atoms with Crippen molar-refractivity contribution >= 4 is 0 Å². The van der Waals surface area contributed by atoms with E-state index in [2.05, 4.69) is 39.6 Å². The van der Waals surface area contributed by atoms with Crippen LogP contribution in [0.2, 0.25) is 0 Å². The fourth-order valence-corrected chi connectivity index (χ4v) is 3.01. The van der Waals surface area contributed by atoms with E-state index >= 15 is 0 Å². The Morgan fingerprint density at radius 2 is 1.81 bits per heavy atom. The van der Waals surface area contributed by atoms with Crippen molar-refractivity contribution < 1.29 is 0 Å². The minimum atomic E-state index is 0.723. The molecule has 1 aromatic heterocycles. The van der Waals surface area contributed by atoms with Crippen molar-refractivity contribution in [3.63, 3.8) is 0 Å². The summed E-state index contributed by atoms with van der Waals surface area (Å²) in [6, 6.07) is 9.09. The Morgan fingerprint density at radius 1 is 1.10 bits per heavy atom. The van der Waals surface area contributed by atoms with Gasteiger partial charge in [-0.15, -0.1) is 0 Å². The zero-order valence-corrected chi connectivity index (χ0v) is 12.9. The molecule has 3 nitrogen and oxygen atoms in total. The average molecular weight is 281 g/mol. The summed E-state index contributed by atoms with van der Waals surface area (Å²) in [5.41, 5.74) is 5.90. The lowest BCUT2D eigenvalue weighted by atomic mass is 9.89. The summed E-state index contributed by atoms with van der Waals surface area (Å²) >= 11 is 0. The molecular formula is C18H23N3. The number of rotatable bonds is 3. The van der Waals surface area contributed by atoms with Crippen molar-refractivity contribution in [2.24, 2.45) is 0 Å². The van der Waals surface area contributed by atoms with Crippen LogP contribution in [0.1, 0.15) is 47.0 Å². The molecule has 2 heterocycles. The monoisotopic (exact) mass is 281 g/mol. The van der Waals surface area contributed by atoms with Gasteiger partial charge in [-0.3, -0.25) is 9.97 Å². The van der Waals surface area contributed by atoms with Gasteiger partial charge in [0.25, 0.3) is 0 Å². The first kappa shape index (κ1) is 14.2.